The van der Waals surface area contributed by atoms with E-state index in [1.807, 2.05) is 0 Å². The second-order valence-corrected chi connectivity index (χ2v) is 17.6. The van der Waals surface area contributed by atoms with Gasteiger partial charge in [-0.25, -0.2) is 0 Å². The molecule has 0 N–H and O–H groups in total. The van der Waals surface area contributed by atoms with Crippen LogP contribution in [0.25, 0.3) is 77.0 Å². The fraction of sp³-hybridized carbons (Fsp3) is 0.102. The third-order valence-corrected chi connectivity index (χ3v) is 15.1. The maximum Gasteiger partial charge on any atom is 0.0708 e. The van der Waals surface area contributed by atoms with Crippen molar-refractivity contribution < 1.29 is 0 Å². The zero-order valence-corrected chi connectivity index (χ0v) is 33.2. The number of para-hydroxylation sites is 1. The molecule has 10 aromatic rings. The van der Waals surface area contributed by atoms with Gasteiger partial charge in [0.25, 0.3) is 0 Å². The Bertz CT molecular complexity index is 3520. The highest BCUT2D eigenvalue weighted by Crippen LogP contribution is 2.61. The molecular weight excluding hydrogens is 723 g/mol. The zero-order chi connectivity index (χ0) is 39.2. The minimum Gasteiger partial charge on any atom is -0.256 e. The number of aryl methyl sites for hydroxylation is 2. The van der Waals surface area contributed by atoms with Gasteiger partial charge in [-0.3, -0.25) is 4.98 Å². The fourth-order valence-electron chi connectivity index (χ4n) is 12.8. The van der Waals surface area contributed by atoms with Crippen molar-refractivity contribution in [2.24, 2.45) is 0 Å². The van der Waals surface area contributed by atoms with Crippen molar-refractivity contribution in [3.05, 3.63) is 233 Å². The predicted molar refractivity (Wildman–Crippen MR) is 248 cm³/mol. The van der Waals surface area contributed by atoms with Crippen molar-refractivity contribution in [1.82, 2.24) is 4.98 Å². The Hall–Kier alpha value is -7.09. The molecule has 0 saturated heterocycles. The number of hydrogen-bond donors (Lipinski definition) is 0. The third-order valence-electron chi connectivity index (χ3n) is 15.1. The minimum absolute atomic E-state index is 0.161. The summed E-state index contributed by atoms with van der Waals surface area (Å²) in [5.41, 5.74) is 22.9. The second kappa shape index (κ2) is 11.8. The number of aromatic nitrogens is 1. The van der Waals surface area contributed by atoms with E-state index in [9.17, 15) is 0 Å². The molecule has 0 aliphatic heterocycles. The van der Waals surface area contributed by atoms with E-state index in [0.29, 0.717) is 0 Å². The van der Waals surface area contributed by atoms with Crippen molar-refractivity contribution in [1.29, 1.82) is 0 Å². The van der Waals surface area contributed by atoms with Crippen LogP contribution < -0.4 is 0 Å². The van der Waals surface area contributed by atoms with E-state index in [1.165, 1.54) is 116 Å². The van der Waals surface area contributed by atoms with Crippen molar-refractivity contribution in [2.45, 2.75) is 36.5 Å². The first-order valence-electron chi connectivity index (χ1n) is 21.6. The number of rotatable bonds is 2. The monoisotopic (exact) mass is 761 g/mol. The van der Waals surface area contributed by atoms with Gasteiger partial charge in [-0.1, -0.05) is 164 Å². The lowest BCUT2D eigenvalue weighted by molar-refractivity contribution is 0.626. The van der Waals surface area contributed by atoms with Gasteiger partial charge in [0.05, 0.1) is 5.52 Å². The Morgan fingerprint density at radius 3 is 1.40 bits per heavy atom. The van der Waals surface area contributed by atoms with Gasteiger partial charge in [0, 0.05) is 33.2 Å². The summed E-state index contributed by atoms with van der Waals surface area (Å²) in [5.74, 6) is 0. The smallest absolute Gasteiger partial charge is 0.0708 e. The molecule has 0 amide bonds. The molecule has 1 nitrogen and oxygen atoms in total. The Morgan fingerprint density at radius 2 is 0.800 bits per heavy atom. The van der Waals surface area contributed by atoms with E-state index in [1.54, 1.807) is 0 Å². The summed E-state index contributed by atoms with van der Waals surface area (Å²) in [6.45, 7) is 0. The quantitative estimate of drug-likeness (QED) is 0.126. The topological polar surface area (TPSA) is 12.9 Å². The first-order chi connectivity index (χ1) is 29.7. The maximum atomic E-state index is 5.21. The molecule has 2 atom stereocenters. The molecule has 60 heavy (non-hydrogen) atoms. The van der Waals surface area contributed by atoms with Crippen molar-refractivity contribution in [3.63, 3.8) is 0 Å². The first-order valence-corrected chi connectivity index (χ1v) is 21.6. The molecule has 280 valence electrons. The molecule has 4 aliphatic rings. The summed E-state index contributed by atoms with van der Waals surface area (Å²) >= 11 is 0. The number of benzene rings is 9. The van der Waals surface area contributed by atoms with Crippen molar-refractivity contribution in [2.75, 3.05) is 0 Å². The summed E-state index contributed by atoms with van der Waals surface area (Å²) in [5, 5.41) is 6.20. The largest absolute Gasteiger partial charge is 0.256 e. The Balaban J connectivity index is 1.07. The van der Waals surface area contributed by atoms with Crippen LogP contribution in [-0.2, 0) is 23.7 Å². The summed E-state index contributed by atoms with van der Waals surface area (Å²) in [6, 6.07) is 69.4. The zero-order valence-electron chi connectivity index (χ0n) is 33.2. The molecule has 0 radical (unpaired) electrons. The Kier molecular flexibility index (Phi) is 6.44. The molecule has 4 aliphatic carbocycles. The average Bonchev–Trinajstić information content (AvgIpc) is 4.05. The van der Waals surface area contributed by atoms with Crippen molar-refractivity contribution in [3.8, 4) is 44.5 Å². The standard InChI is InChI=1S/C59H39N/c1-8-20-48-36(13-1)29-31-58(48)50-22-10-5-15-40(50)42-27-25-38(33-52(42)58)55-44-17-3-4-18-45(44)56(57-46-19-7-12-24-54(46)60-35-47(55)57)39-26-28-43-41-16-6-11-23-51(41)59(53(43)34-39)32-30-37-14-2-9-21-49(37)59/h1-28,33-35H,29-32H2. The molecule has 1 aromatic heterocycles. The molecule has 0 bridgehead atoms. The molecule has 14 rings (SSSR count). The Labute approximate surface area is 349 Å². The van der Waals surface area contributed by atoms with Gasteiger partial charge in [0.1, 0.15) is 0 Å². The summed E-state index contributed by atoms with van der Waals surface area (Å²) in [6.07, 6.45) is 6.51. The van der Waals surface area contributed by atoms with Gasteiger partial charge in [-0.2, -0.15) is 0 Å². The number of pyridine rings is 1. The lowest BCUT2D eigenvalue weighted by Crippen LogP contribution is -2.23. The van der Waals surface area contributed by atoms with E-state index < -0.39 is 0 Å². The molecule has 0 fully saturated rings. The summed E-state index contributed by atoms with van der Waals surface area (Å²) < 4.78 is 0. The van der Waals surface area contributed by atoms with Crippen LogP contribution in [0.15, 0.2) is 188 Å². The SMILES string of the molecule is c1ccc2c(c1)CCC21c2ccccc2-c2ccc(-c3c4ccccc4c(-c4ccc5c(c4)C4(CCc6ccccc64)c4ccccc4-5)c4c3cnc3ccccc34)cc21. The highest BCUT2D eigenvalue weighted by atomic mass is 14.7. The van der Waals surface area contributed by atoms with Crippen LogP contribution >= 0.6 is 0 Å². The molecule has 0 saturated carbocycles. The number of hydrogen-bond acceptors (Lipinski definition) is 1. The van der Waals surface area contributed by atoms with Gasteiger partial charge in [-0.05, 0) is 144 Å². The predicted octanol–water partition coefficient (Wildman–Crippen LogP) is 14.4. The number of fused-ring (bicyclic) bond motifs is 18. The van der Waals surface area contributed by atoms with Crippen LogP contribution in [0, 0.1) is 0 Å². The van der Waals surface area contributed by atoms with Crippen LogP contribution in [-0.4, -0.2) is 4.98 Å². The second-order valence-electron chi connectivity index (χ2n) is 17.6. The molecular formula is C59H39N. The highest BCUT2D eigenvalue weighted by molar-refractivity contribution is 6.27. The van der Waals surface area contributed by atoms with Crippen LogP contribution in [0.3, 0.4) is 0 Å². The summed E-state index contributed by atoms with van der Waals surface area (Å²) in [7, 11) is 0. The minimum atomic E-state index is -0.162. The summed E-state index contributed by atoms with van der Waals surface area (Å²) in [4.78, 5) is 5.21. The lowest BCUT2D eigenvalue weighted by atomic mass is 9.72. The van der Waals surface area contributed by atoms with E-state index in [-0.39, 0.29) is 10.8 Å². The molecule has 1 heteroatoms. The Morgan fingerprint density at radius 1 is 0.350 bits per heavy atom. The number of nitrogens with zero attached hydrogens (tertiary/aromatic N) is 1. The highest BCUT2D eigenvalue weighted by Gasteiger charge is 2.49. The van der Waals surface area contributed by atoms with Gasteiger partial charge in [-0.15, -0.1) is 0 Å². The average molecular weight is 762 g/mol. The fourth-order valence-corrected chi connectivity index (χ4v) is 12.8. The van der Waals surface area contributed by atoms with E-state index in [2.05, 4.69) is 188 Å². The van der Waals surface area contributed by atoms with E-state index in [0.717, 1.165) is 31.2 Å². The van der Waals surface area contributed by atoms with Gasteiger partial charge in [0.15, 0.2) is 0 Å². The van der Waals surface area contributed by atoms with Crippen molar-refractivity contribution >= 4 is 32.4 Å². The first kappa shape index (κ1) is 32.8. The van der Waals surface area contributed by atoms with Crippen LogP contribution in [0.5, 0.6) is 0 Å². The molecule has 1 heterocycles. The van der Waals surface area contributed by atoms with E-state index in [4.69, 9.17) is 4.98 Å². The van der Waals surface area contributed by atoms with Crippen LogP contribution in [0.1, 0.15) is 57.3 Å². The third kappa shape index (κ3) is 4.01. The lowest BCUT2D eigenvalue weighted by Gasteiger charge is -2.29. The van der Waals surface area contributed by atoms with Gasteiger partial charge >= 0.3 is 0 Å². The molecule has 2 unspecified atom stereocenters. The van der Waals surface area contributed by atoms with Gasteiger partial charge in [0.2, 0.25) is 0 Å². The molecule has 9 aromatic carbocycles. The van der Waals surface area contributed by atoms with Gasteiger partial charge < -0.3 is 0 Å². The van der Waals surface area contributed by atoms with Crippen LogP contribution in [0.4, 0.5) is 0 Å². The van der Waals surface area contributed by atoms with E-state index >= 15 is 0 Å². The molecule has 2 spiro atoms. The normalized spacial score (nSPS) is 18.9. The maximum absolute atomic E-state index is 5.21. The van der Waals surface area contributed by atoms with Crippen LogP contribution in [0.2, 0.25) is 0 Å².